The number of benzene rings is 1. The Bertz CT molecular complexity index is 378. The molecule has 1 aromatic carbocycles. The van der Waals surface area contributed by atoms with Gasteiger partial charge in [-0.2, -0.15) is 0 Å². The molecule has 0 bridgehead atoms. The van der Waals surface area contributed by atoms with Gasteiger partial charge in [0.15, 0.2) is 0 Å². The Balaban J connectivity index is 3.14. The van der Waals surface area contributed by atoms with Gasteiger partial charge in [-0.3, -0.25) is 0 Å². The van der Waals surface area contributed by atoms with Crippen molar-refractivity contribution < 1.29 is 19.8 Å². The molecule has 0 spiro atoms. The lowest BCUT2D eigenvalue weighted by atomic mass is 10.1. The average molecular weight is 192 g/mol. The summed E-state index contributed by atoms with van der Waals surface area (Å²) in [5.41, 5.74) is 0.153. The molecule has 0 aliphatic heterocycles. The number of hydrogen-bond acceptors (Lipinski definition) is 2. The molecule has 0 aliphatic carbocycles. The van der Waals surface area contributed by atoms with Crippen LogP contribution in [0, 0.1) is 0 Å². The van der Waals surface area contributed by atoms with Crippen LogP contribution in [0.4, 0.5) is 0 Å². The summed E-state index contributed by atoms with van der Waals surface area (Å²) in [6.45, 7) is 0. The molecule has 0 unspecified atom stereocenters. The van der Waals surface area contributed by atoms with Crippen molar-refractivity contribution in [3.8, 4) is 0 Å². The van der Waals surface area contributed by atoms with Gasteiger partial charge in [0.2, 0.25) is 0 Å². The van der Waals surface area contributed by atoms with Gasteiger partial charge in [0.1, 0.15) is 0 Å². The lowest BCUT2D eigenvalue weighted by Gasteiger charge is -1.99. The lowest BCUT2D eigenvalue weighted by molar-refractivity contribution is -0.133. The van der Waals surface area contributed by atoms with Crippen LogP contribution in [-0.2, 0) is 9.59 Å². The summed E-state index contributed by atoms with van der Waals surface area (Å²) in [6, 6.07) is 8.11. The maximum Gasteiger partial charge on any atom is 0.336 e. The highest BCUT2D eigenvalue weighted by atomic mass is 16.4. The second-order valence-electron chi connectivity index (χ2n) is 2.57. The van der Waals surface area contributed by atoms with Crippen molar-refractivity contribution in [1.29, 1.82) is 0 Å². The van der Waals surface area contributed by atoms with Crippen molar-refractivity contribution in [1.82, 2.24) is 0 Å². The Morgan fingerprint density at radius 3 is 2.07 bits per heavy atom. The van der Waals surface area contributed by atoms with Crippen molar-refractivity contribution >= 4 is 17.5 Å². The van der Waals surface area contributed by atoms with Gasteiger partial charge in [0.25, 0.3) is 0 Å². The minimum atomic E-state index is -1.27. The predicted molar refractivity (Wildman–Crippen MR) is 49.7 cm³/mol. The van der Waals surface area contributed by atoms with E-state index in [-0.39, 0.29) is 5.57 Å². The van der Waals surface area contributed by atoms with E-state index in [1.165, 1.54) is 0 Å². The van der Waals surface area contributed by atoms with Crippen molar-refractivity contribution in [2.75, 3.05) is 0 Å². The molecule has 0 atom stereocenters. The van der Waals surface area contributed by atoms with Gasteiger partial charge in [0.05, 0.1) is 5.57 Å². The molecule has 0 amide bonds. The second-order valence-corrected chi connectivity index (χ2v) is 2.57. The van der Waals surface area contributed by atoms with E-state index in [1.807, 2.05) is 0 Å². The molecule has 72 valence electrons. The molecule has 0 saturated heterocycles. The van der Waals surface area contributed by atoms with E-state index >= 15 is 0 Å². The van der Waals surface area contributed by atoms with Crippen LogP contribution in [0.2, 0.25) is 0 Å². The third kappa shape index (κ3) is 2.45. The Morgan fingerprint density at radius 1 is 1.07 bits per heavy atom. The first-order valence-corrected chi connectivity index (χ1v) is 3.84. The van der Waals surface area contributed by atoms with E-state index in [4.69, 9.17) is 10.2 Å². The number of aliphatic carboxylic acids is 2. The normalized spacial score (nSPS) is 11.0. The van der Waals surface area contributed by atoms with Gasteiger partial charge in [0, 0.05) is 6.08 Å². The van der Waals surface area contributed by atoms with E-state index in [0.717, 1.165) is 0 Å². The Kier molecular flexibility index (Phi) is 3.01. The standard InChI is InChI=1S/C10H8O4/c11-9(12)6-8(10(13)14)7-4-2-1-3-5-7/h1-6H,(H,11,12)(H,13,14)/b8-6+. The van der Waals surface area contributed by atoms with Crippen LogP contribution >= 0.6 is 0 Å². The van der Waals surface area contributed by atoms with E-state index < -0.39 is 11.9 Å². The van der Waals surface area contributed by atoms with Gasteiger partial charge in [-0.05, 0) is 5.56 Å². The molecule has 4 nitrogen and oxygen atoms in total. The third-order valence-corrected chi connectivity index (χ3v) is 1.58. The van der Waals surface area contributed by atoms with Gasteiger partial charge in [-0.25, -0.2) is 9.59 Å². The SMILES string of the molecule is O=C(O)/C=C(/C(=O)O)c1ccccc1. The molecule has 1 rings (SSSR count). The van der Waals surface area contributed by atoms with Crippen molar-refractivity contribution in [2.45, 2.75) is 0 Å². The molecule has 0 radical (unpaired) electrons. The van der Waals surface area contributed by atoms with Crippen LogP contribution in [0.3, 0.4) is 0 Å². The fourth-order valence-electron chi connectivity index (χ4n) is 1.01. The average Bonchev–Trinajstić information content (AvgIpc) is 2.15. The van der Waals surface area contributed by atoms with E-state index in [0.29, 0.717) is 11.6 Å². The van der Waals surface area contributed by atoms with Gasteiger partial charge in [-0.15, -0.1) is 0 Å². The molecule has 0 saturated carbocycles. The summed E-state index contributed by atoms with van der Waals surface area (Å²) in [7, 11) is 0. The summed E-state index contributed by atoms with van der Waals surface area (Å²) in [5, 5.41) is 17.2. The molecule has 0 aromatic heterocycles. The van der Waals surface area contributed by atoms with Crippen LogP contribution in [0.25, 0.3) is 5.57 Å². The predicted octanol–water partition coefficient (Wildman–Crippen LogP) is 1.24. The number of hydrogen-bond donors (Lipinski definition) is 2. The molecule has 0 fully saturated rings. The number of carboxylic acids is 2. The van der Waals surface area contributed by atoms with Crippen molar-refractivity contribution in [3.63, 3.8) is 0 Å². The molecule has 1 aromatic rings. The number of carboxylic acid groups (broad SMARTS) is 2. The van der Waals surface area contributed by atoms with Crippen LogP contribution in [0.1, 0.15) is 5.56 Å². The van der Waals surface area contributed by atoms with Crippen LogP contribution in [0.15, 0.2) is 36.4 Å². The summed E-state index contributed by atoms with van der Waals surface area (Å²) < 4.78 is 0. The van der Waals surface area contributed by atoms with Crippen molar-refractivity contribution in [3.05, 3.63) is 42.0 Å². The van der Waals surface area contributed by atoms with Gasteiger partial charge < -0.3 is 10.2 Å². The summed E-state index contributed by atoms with van der Waals surface area (Å²) in [6.07, 6.45) is 0.678. The summed E-state index contributed by atoms with van der Waals surface area (Å²) in [5.74, 6) is -2.52. The highest BCUT2D eigenvalue weighted by Gasteiger charge is 2.11. The number of rotatable bonds is 3. The quantitative estimate of drug-likeness (QED) is 0.706. The fourth-order valence-corrected chi connectivity index (χ4v) is 1.01. The summed E-state index contributed by atoms with van der Waals surface area (Å²) >= 11 is 0. The van der Waals surface area contributed by atoms with E-state index in [1.54, 1.807) is 30.3 Å². The fraction of sp³-hybridized carbons (Fsp3) is 0. The zero-order chi connectivity index (χ0) is 10.6. The highest BCUT2D eigenvalue weighted by Crippen LogP contribution is 2.13. The maximum atomic E-state index is 10.7. The Hall–Kier alpha value is -2.10. The summed E-state index contributed by atoms with van der Waals surface area (Å²) in [4.78, 5) is 21.1. The van der Waals surface area contributed by atoms with Crippen LogP contribution < -0.4 is 0 Å². The molecule has 0 aliphatic rings. The zero-order valence-electron chi connectivity index (χ0n) is 7.18. The maximum absolute atomic E-state index is 10.7. The first-order chi connectivity index (χ1) is 6.61. The lowest BCUT2D eigenvalue weighted by Crippen LogP contribution is -2.02. The largest absolute Gasteiger partial charge is 0.478 e. The van der Waals surface area contributed by atoms with Crippen LogP contribution in [0.5, 0.6) is 0 Å². The smallest absolute Gasteiger partial charge is 0.336 e. The minimum Gasteiger partial charge on any atom is -0.478 e. The second kappa shape index (κ2) is 4.23. The Labute approximate surface area is 80.1 Å². The van der Waals surface area contributed by atoms with Gasteiger partial charge >= 0.3 is 11.9 Å². The minimum absolute atomic E-state index is 0.224. The first kappa shape index (κ1) is 9.98. The molecule has 0 heterocycles. The monoisotopic (exact) mass is 192 g/mol. The zero-order valence-corrected chi connectivity index (χ0v) is 7.18. The molecular weight excluding hydrogens is 184 g/mol. The molecule has 4 heteroatoms. The van der Waals surface area contributed by atoms with Gasteiger partial charge in [-0.1, -0.05) is 30.3 Å². The van der Waals surface area contributed by atoms with E-state index in [2.05, 4.69) is 0 Å². The first-order valence-electron chi connectivity index (χ1n) is 3.84. The topological polar surface area (TPSA) is 74.6 Å². The highest BCUT2D eigenvalue weighted by molar-refractivity contribution is 6.19. The molecule has 2 N–H and O–H groups in total. The third-order valence-electron chi connectivity index (χ3n) is 1.58. The molecular formula is C10H8O4. The molecule has 14 heavy (non-hydrogen) atoms. The number of carbonyl (C=O) groups is 2. The van der Waals surface area contributed by atoms with Crippen molar-refractivity contribution in [2.24, 2.45) is 0 Å². The Morgan fingerprint density at radius 2 is 1.64 bits per heavy atom. The van der Waals surface area contributed by atoms with E-state index in [9.17, 15) is 9.59 Å². The van der Waals surface area contributed by atoms with Crippen LogP contribution in [-0.4, -0.2) is 22.2 Å².